The molecule has 7 heteroatoms. The number of anilines is 2. The van der Waals surface area contributed by atoms with Crippen LogP contribution >= 0.6 is 0 Å². The summed E-state index contributed by atoms with van der Waals surface area (Å²) >= 11 is 0. The lowest BCUT2D eigenvalue weighted by molar-refractivity contribution is 0.102. The molecular formula is C24H23N5O2. The van der Waals surface area contributed by atoms with Gasteiger partial charge in [0.1, 0.15) is 11.6 Å². The number of pyridine rings is 1. The van der Waals surface area contributed by atoms with Crippen LogP contribution < -0.4 is 15.4 Å². The first-order valence-corrected chi connectivity index (χ1v) is 9.99. The Morgan fingerprint density at radius 2 is 1.71 bits per heavy atom. The molecule has 2 aromatic heterocycles. The van der Waals surface area contributed by atoms with Crippen molar-refractivity contribution in [2.75, 3.05) is 17.2 Å². The van der Waals surface area contributed by atoms with Crippen molar-refractivity contribution in [2.24, 2.45) is 7.05 Å². The Bertz CT molecular complexity index is 1140. The standard InChI is InChI=1S/C24H23N5O2/c1-29-15-13-21(28-29)27-24(30)19-16-22(25-14-12-18-8-4-2-5-9-18)26-23(17-19)31-20-10-6-3-7-11-20/h2-11,13,15-17H,12,14H2,1H3,(H,25,26)(H,27,28,30). The van der Waals surface area contributed by atoms with E-state index in [9.17, 15) is 4.79 Å². The molecule has 0 aliphatic rings. The fraction of sp³-hybridized carbons (Fsp3) is 0.125. The van der Waals surface area contributed by atoms with Gasteiger partial charge >= 0.3 is 0 Å². The minimum absolute atomic E-state index is 0.287. The first-order chi connectivity index (χ1) is 15.2. The van der Waals surface area contributed by atoms with Crippen molar-refractivity contribution >= 4 is 17.5 Å². The molecule has 0 atom stereocenters. The van der Waals surface area contributed by atoms with Gasteiger partial charge in [0, 0.05) is 37.5 Å². The molecule has 0 saturated carbocycles. The number of aryl methyl sites for hydroxylation is 1. The Labute approximate surface area is 180 Å². The maximum Gasteiger partial charge on any atom is 0.257 e. The Morgan fingerprint density at radius 1 is 0.968 bits per heavy atom. The Hall–Kier alpha value is -4.13. The Morgan fingerprint density at radius 3 is 2.42 bits per heavy atom. The molecule has 4 rings (SSSR count). The molecule has 156 valence electrons. The van der Waals surface area contributed by atoms with E-state index < -0.39 is 0 Å². The number of para-hydroxylation sites is 1. The number of carbonyl (C=O) groups is 1. The molecule has 0 fully saturated rings. The molecule has 0 saturated heterocycles. The predicted molar refractivity (Wildman–Crippen MR) is 121 cm³/mol. The highest BCUT2D eigenvalue weighted by Crippen LogP contribution is 2.23. The van der Waals surface area contributed by atoms with Crippen LogP contribution in [0.3, 0.4) is 0 Å². The van der Waals surface area contributed by atoms with Crippen LogP contribution in [0, 0.1) is 0 Å². The third-order valence-corrected chi connectivity index (χ3v) is 4.55. The minimum atomic E-state index is -0.287. The van der Waals surface area contributed by atoms with Crippen molar-refractivity contribution in [3.63, 3.8) is 0 Å². The lowest BCUT2D eigenvalue weighted by atomic mass is 10.1. The topological polar surface area (TPSA) is 81.1 Å². The summed E-state index contributed by atoms with van der Waals surface area (Å²) in [4.78, 5) is 17.3. The van der Waals surface area contributed by atoms with Gasteiger partial charge in [-0.25, -0.2) is 0 Å². The second kappa shape index (κ2) is 9.58. The zero-order chi connectivity index (χ0) is 21.5. The van der Waals surface area contributed by atoms with Gasteiger partial charge in [-0.2, -0.15) is 10.1 Å². The summed E-state index contributed by atoms with van der Waals surface area (Å²) in [6.45, 7) is 0.674. The highest BCUT2D eigenvalue weighted by Gasteiger charge is 2.13. The number of aromatic nitrogens is 3. The van der Waals surface area contributed by atoms with Gasteiger partial charge in [0.05, 0.1) is 0 Å². The van der Waals surface area contributed by atoms with Gasteiger partial charge < -0.3 is 15.4 Å². The average Bonchev–Trinajstić information content (AvgIpc) is 3.19. The zero-order valence-electron chi connectivity index (χ0n) is 17.2. The van der Waals surface area contributed by atoms with Crippen molar-refractivity contribution in [3.05, 3.63) is 96.2 Å². The maximum absolute atomic E-state index is 12.8. The van der Waals surface area contributed by atoms with Crippen LogP contribution in [0.15, 0.2) is 85.1 Å². The van der Waals surface area contributed by atoms with Crippen LogP contribution in [0.4, 0.5) is 11.6 Å². The third-order valence-electron chi connectivity index (χ3n) is 4.55. The molecule has 4 aromatic rings. The van der Waals surface area contributed by atoms with Crippen LogP contribution in [0.2, 0.25) is 0 Å². The Kier molecular flexibility index (Phi) is 6.23. The summed E-state index contributed by atoms with van der Waals surface area (Å²) < 4.78 is 7.51. The maximum atomic E-state index is 12.8. The predicted octanol–water partition coefficient (Wildman–Crippen LogP) is 4.51. The SMILES string of the molecule is Cn1ccc(NC(=O)c2cc(NCCc3ccccc3)nc(Oc3ccccc3)c2)n1. The molecular weight excluding hydrogens is 390 g/mol. The second-order valence-corrected chi connectivity index (χ2v) is 6.99. The van der Waals surface area contributed by atoms with Crippen molar-refractivity contribution in [2.45, 2.75) is 6.42 Å². The summed E-state index contributed by atoms with van der Waals surface area (Å²) in [6, 6.07) is 24.6. The largest absolute Gasteiger partial charge is 0.439 e. The van der Waals surface area contributed by atoms with Crippen LogP contribution in [0.25, 0.3) is 0 Å². The van der Waals surface area contributed by atoms with Crippen LogP contribution in [-0.4, -0.2) is 27.2 Å². The van der Waals surface area contributed by atoms with E-state index in [1.54, 1.807) is 36.1 Å². The number of benzene rings is 2. The van der Waals surface area contributed by atoms with Gasteiger partial charge in [-0.1, -0.05) is 48.5 Å². The minimum Gasteiger partial charge on any atom is -0.439 e. The zero-order valence-corrected chi connectivity index (χ0v) is 17.2. The van der Waals surface area contributed by atoms with Gasteiger partial charge in [0.15, 0.2) is 5.82 Å². The van der Waals surface area contributed by atoms with Gasteiger partial charge in [-0.15, -0.1) is 0 Å². The first kappa shape index (κ1) is 20.2. The van der Waals surface area contributed by atoms with Crippen LogP contribution in [-0.2, 0) is 13.5 Å². The molecule has 31 heavy (non-hydrogen) atoms. The van der Waals surface area contributed by atoms with E-state index in [2.05, 4.69) is 32.8 Å². The molecule has 7 nitrogen and oxygen atoms in total. The lowest BCUT2D eigenvalue weighted by Gasteiger charge is -2.11. The number of rotatable bonds is 8. The summed E-state index contributed by atoms with van der Waals surface area (Å²) in [5.41, 5.74) is 1.65. The van der Waals surface area contributed by atoms with Crippen LogP contribution in [0.5, 0.6) is 11.6 Å². The molecule has 2 aromatic carbocycles. The quantitative estimate of drug-likeness (QED) is 0.444. The number of nitrogens with one attached hydrogen (secondary N) is 2. The summed E-state index contributed by atoms with van der Waals surface area (Å²) in [7, 11) is 1.79. The summed E-state index contributed by atoms with van der Waals surface area (Å²) in [5.74, 6) is 1.74. The molecule has 1 amide bonds. The molecule has 0 aliphatic heterocycles. The molecule has 0 bridgehead atoms. The van der Waals surface area contributed by atoms with Crippen molar-refractivity contribution in [1.82, 2.24) is 14.8 Å². The van der Waals surface area contributed by atoms with E-state index in [1.807, 2.05) is 48.5 Å². The molecule has 2 heterocycles. The summed E-state index contributed by atoms with van der Waals surface area (Å²) in [5, 5.41) is 10.3. The number of nitrogens with zero attached hydrogens (tertiary/aromatic N) is 3. The van der Waals surface area contributed by atoms with Gasteiger partial charge in [-0.05, 0) is 30.2 Å². The van der Waals surface area contributed by atoms with Crippen molar-refractivity contribution in [3.8, 4) is 11.6 Å². The number of hydrogen-bond acceptors (Lipinski definition) is 5. The van der Waals surface area contributed by atoms with Gasteiger partial charge in [0.25, 0.3) is 5.91 Å². The van der Waals surface area contributed by atoms with Gasteiger partial charge in [0.2, 0.25) is 5.88 Å². The molecule has 0 aliphatic carbocycles. The van der Waals surface area contributed by atoms with Crippen LogP contribution in [0.1, 0.15) is 15.9 Å². The van der Waals surface area contributed by atoms with Crippen molar-refractivity contribution < 1.29 is 9.53 Å². The number of amides is 1. The second-order valence-electron chi connectivity index (χ2n) is 6.99. The molecule has 2 N–H and O–H groups in total. The number of carbonyl (C=O) groups excluding carboxylic acids is 1. The van der Waals surface area contributed by atoms with E-state index >= 15 is 0 Å². The summed E-state index contributed by atoms with van der Waals surface area (Å²) in [6.07, 6.45) is 2.60. The molecule has 0 radical (unpaired) electrons. The average molecular weight is 413 g/mol. The fourth-order valence-corrected chi connectivity index (χ4v) is 3.04. The smallest absolute Gasteiger partial charge is 0.257 e. The van der Waals surface area contributed by atoms with E-state index in [-0.39, 0.29) is 5.91 Å². The number of hydrogen-bond donors (Lipinski definition) is 2. The third kappa shape index (κ3) is 5.70. The van der Waals surface area contributed by atoms with E-state index in [1.165, 1.54) is 5.56 Å². The van der Waals surface area contributed by atoms with Crippen molar-refractivity contribution in [1.29, 1.82) is 0 Å². The number of ether oxygens (including phenoxy) is 1. The van der Waals surface area contributed by atoms with E-state index in [0.29, 0.717) is 35.4 Å². The monoisotopic (exact) mass is 413 g/mol. The highest BCUT2D eigenvalue weighted by atomic mass is 16.5. The molecule has 0 unspecified atom stereocenters. The lowest BCUT2D eigenvalue weighted by Crippen LogP contribution is -2.14. The fourth-order valence-electron chi connectivity index (χ4n) is 3.04. The first-order valence-electron chi connectivity index (χ1n) is 9.99. The molecule has 0 spiro atoms. The van der Waals surface area contributed by atoms with E-state index in [4.69, 9.17) is 4.74 Å². The Balaban J connectivity index is 1.53. The van der Waals surface area contributed by atoms with Gasteiger partial charge in [-0.3, -0.25) is 9.48 Å². The normalized spacial score (nSPS) is 10.5. The highest BCUT2D eigenvalue weighted by molar-refractivity contribution is 6.04. The van der Waals surface area contributed by atoms with E-state index in [0.717, 1.165) is 6.42 Å².